The number of carbonyl (C=O) groups excluding carboxylic acids is 1. The lowest BCUT2D eigenvalue weighted by atomic mass is 9.61. The standard InChI is InChI=1S/C19H23ClN2O/c1-22-11-14(17-15(20)3-2-4-16(17)22)18(23)21-12-19-8-5-13(6-9-19)7-10-19/h2-4,11,13H,5-10,12H2,1H3,(H,21,23). The van der Waals surface area contributed by atoms with Crippen molar-refractivity contribution in [3.8, 4) is 0 Å². The van der Waals surface area contributed by atoms with Gasteiger partial charge in [-0.05, 0) is 62.0 Å². The average Bonchev–Trinajstić information content (AvgIpc) is 2.93. The second kappa shape index (κ2) is 5.55. The van der Waals surface area contributed by atoms with Crippen LogP contribution in [0.1, 0.15) is 48.9 Å². The fraction of sp³-hybridized carbons (Fsp3) is 0.526. The molecule has 1 N–H and O–H groups in total. The number of aryl methyl sites for hydroxylation is 1. The Kier molecular flexibility index (Phi) is 3.64. The van der Waals surface area contributed by atoms with E-state index in [1.807, 2.05) is 36.0 Å². The van der Waals surface area contributed by atoms with Gasteiger partial charge in [0.15, 0.2) is 0 Å². The molecule has 2 aromatic rings. The third-order valence-corrected chi connectivity index (χ3v) is 6.40. The van der Waals surface area contributed by atoms with Gasteiger partial charge in [-0.25, -0.2) is 0 Å². The number of benzene rings is 1. The van der Waals surface area contributed by atoms with Crippen molar-refractivity contribution in [3.63, 3.8) is 0 Å². The number of nitrogens with zero attached hydrogens (tertiary/aromatic N) is 1. The minimum absolute atomic E-state index is 0.00534. The Morgan fingerprint density at radius 1 is 1.30 bits per heavy atom. The van der Waals surface area contributed by atoms with Gasteiger partial charge in [0.1, 0.15) is 0 Å². The van der Waals surface area contributed by atoms with Crippen LogP contribution in [0, 0.1) is 11.3 Å². The highest BCUT2D eigenvalue weighted by Crippen LogP contribution is 2.49. The predicted octanol–water partition coefficient (Wildman–Crippen LogP) is 4.53. The van der Waals surface area contributed by atoms with Gasteiger partial charge in [0, 0.05) is 25.2 Å². The fourth-order valence-corrected chi connectivity index (χ4v) is 4.81. The summed E-state index contributed by atoms with van der Waals surface area (Å²) in [4.78, 5) is 12.8. The van der Waals surface area contributed by atoms with Gasteiger partial charge in [-0.1, -0.05) is 17.7 Å². The largest absolute Gasteiger partial charge is 0.351 e. The molecule has 3 saturated carbocycles. The third-order valence-electron chi connectivity index (χ3n) is 6.08. The van der Waals surface area contributed by atoms with Gasteiger partial charge in [-0.2, -0.15) is 0 Å². The highest BCUT2D eigenvalue weighted by atomic mass is 35.5. The molecule has 23 heavy (non-hydrogen) atoms. The quantitative estimate of drug-likeness (QED) is 0.881. The lowest BCUT2D eigenvalue weighted by molar-refractivity contribution is 0.0598. The van der Waals surface area contributed by atoms with E-state index in [9.17, 15) is 4.79 Å². The summed E-state index contributed by atoms with van der Waals surface area (Å²) < 4.78 is 1.97. The molecule has 5 rings (SSSR count). The van der Waals surface area contributed by atoms with Gasteiger partial charge in [-0.15, -0.1) is 0 Å². The van der Waals surface area contributed by atoms with Crippen LogP contribution in [-0.2, 0) is 7.05 Å². The van der Waals surface area contributed by atoms with E-state index in [0.29, 0.717) is 16.0 Å². The van der Waals surface area contributed by atoms with E-state index in [-0.39, 0.29) is 5.91 Å². The van der Waals surface area contributed by atoms with Crippen molar-refractivity contribution in [2.24, 2.45) is 18.4 Å². The predicted molar refractivity (Wildman–Crippen MR) is 93.9 cm³/mol. The summed E-state index contributed by atoms with van der Waals surface area (Å²) in [5, 5.41) is 4.71. The van der Waals surface area contributed by atoms with Crippen LogP contribution in [0.5, 0.6) is 0 Å². The van der Waals surface area contributed by atoms with E-state index >= 15 is 0 Å². The summed E-state index contributed by atoms with van der Waals surface area (Å²) in [7, 11) is 1.95. The molecule has 0 radical (unpaired) electrons. The Hall–Kier alpha value is -1.48. The van der Waals surface area contributed by atoms with Gasteiger partial charge in [0.2, 0.25) is 0 Å². The van der Waals surface area contributed by atoms with E-state index in [1.165, 1.54) is 38.5 Å². The molecule has 122 valence electrons. The number of aromatic nitrogens is 1. The Morgan fingerprint density at radius 2 is 2.00 bits per heavy atom. The second-order valence-electron chi connectivity index (χ2n) is 7.45. The molecule has 0 saturated heterocycles. The lowest BCUT2D eigenvalue weighted by Gasteiger charge is -2.46. The van der Waals surface area contributed by atoms with Gasteiger partial charge in [0.25, 0.3) is 5.91 Å². The van der Waals surface area contributed by atoms with Crippen molar-refractivity contribution in [2.75, 3.05) is 6.54 Å². The molecule has 2 bridgehead atoms. The lowest BCUT2D eigenvalue weighted by Crippen LogP contribution is -2.43. The first-order valence-electron chi connectivity index (χ1n) is 8.60. The zero-order valence-corrected chi connectivity index (χ0v) is 14.3. The summed E-state index contributed by atoms with van der Waals surface area (Å²) in [5.74, 6) is 0.954. The van der Waals surface area contributed by atoms with Gasteiger partial charge >= 0.3 is 0 Å². The van der Waals surface area contributed by atoms with Gasteiger partial charge in [0.05, 0.1) is 16.1 Å². The van der Waals surface area contributed by atoms with E-state index < -0.39 is 0 Å². The Balaban J connectivity index is 1.56. The van der Waals surface area contributed by atoms with E-state index in [1.54, 1.807) is 0 Å². The Labute approximate surface area is 142 Å². The summed E-state index contributed by atoms with van der Waals surface area (Å²) in [6.45, 7) is 0.805. The third kappa shape index (κ3) is 2.55. The number of amides is 1. The topological polar surface area (TPSA) is 34.0 Å². The summed E-state index contributed by atoms with van der Waals surface area (Å²) in [5.41, 5.74) is 2.03. The van der Waals surface area contributed by atoms with Crippen LogP contribution >= 0.6 is 11.6 Å². The van der Waals surface area contributed by atoms with Crippen LogP contribution in [0.15, 0.2) is 24.4 Å². The monoisotopic (exact) mass is 330 g/mol. The van der Waals surface area contributed by atoms with E-state index in [4.69, 9.17) is 11.6 Å². The molecule has 0 spiro atoms. The number of hydrogen-bond acceptors (Lipinski definition) is 1. The van der Waals surface area contributed by atoms with Crippen molar-refractivity contribution in [1.82, 2.24) is 9.88 Å². The first-order chi connectivity index (χ1) is 11.1. The van der Waals surface area contributed by atoms with Crippen LogP contribution in [0.2, 0.25) is 5.02 Å². The Bertz CT molecular complexity index is 742. The number of hydrogen-bond donors (Lipinski definition) is 1. The van der Waals surface area contributed by atoms with Crippen LogP contribution in [-0.4, -0.2) is 17.0 Å². The SMILES string of the molecule is Cn1cc(C(=O)NCC23CCC(CC2)CC3)c2c(Cl)cccc21. The molecule has 0 atom stereocenters. The maximum atomic E-state index is 12.8. The van der Waals surface area contributed by atoms with Crippen LogP contribution in [0.3, 0.4) is 0 Å². The Morgan fingerprint density at radius 3 is 2.70 bits per heavy atom. The van der Waals surface area contributed by atoms with Crippen molar-refractivity contribution < 1.29 is 4.79 Å². The minimum atomic E-state index is 0.00534. The first-order valence-corrected chi connectivity index (χ1v) is 8.98. The second-order valence-corrected chi connectivity index (χ2v) is 7.86. The van der Waals surface area contributed by atoms with Gasteiger partial charge in [-0.3, -0.25) is 4.79 Å². The fourth-order valence-electron chi connectivity index (χ4n) is 4.54. The molecule has 1 aromatic carbocycles. The molecule has 3 fully saturated rings. The molecule has 0 aliphatic heterocycles. The molecule has 3 aliphatic rings. The molecule has 1 heterocycles. The summed E-state index contributed by atoms with van der Waals surface area (Å²) in [6.07, 6.45) is 9.74. The molecule has 0 unspecified atom stereocenters. The zero-order chi connectivity index (χ0) is 16.0. The van der Waals surface area contributed by atoms with E-state index in [2.05, 4.69) is 5.32 Å². The van der Waals surface area contributed by atoms with Crippen molar-refractivity contribution >= 4 is 28.4 Å². The maximum absolute atomic E-state index is 12.8. The minimum Gasteiger partial charge on any atom is -0.351 e. The van der Waals surface area contributed by atoms with Crippen molar-refractivity contribution in [3.05, 3.63) is 35.0 Å². The highest BCUT2D eigenvalue weighted by molar-refractivity contribution is 6.36. The number of halogens is 1. The number of fused-ring (bicyclic) bond motifs is 4. The van der Waals surface area contributed by atoms with Crippen molar-refractivity contribution in [2.45, 2.75) is 38.5 Å². The molecule has 3 nitrogen and oxygen atoms in total. The van der Waals surface area contributed by atoms with Crippen molar-refractivity contribution in [1.29, 1.82) is 0 Å². The molecule has 1 aromatic heterocycles. The molecular weight excluding hydrogens is 308 g/mol. The smallest absolute Gasteiger partial charge is 0.253 e. The van der Waals surface area contributed by atoms with Crippen LogP contribution < -0.4 is 5.32 Å². The normalized spacial score (nSPS) is 26.6. The van der Waals surface area contributed by atoms with Crippen LogP contribution in [0.4, 0.5) is 0 Å². The summed E-state index contributed by atoms with van der Waals surface area (Å²) >= 11 is 6.34. The maximum Gasteiger partial charge on any atom is 0.253 e. The summed E-state index contributed by atoms with van der Waals surface area (Å²) in [6, 6.07) is 5.77. The van der Waals surface area contributed by atoms with Crippen LogP contribution in [0.25, 0.3) is 10.9 Å². The average molecular weight is 331 g/mol. The number of carbonyl (C=O) groups is 1. The molecular formula is C19H23ClN2O. The first kappa shape index (κ1) is 15.1. The number of nitrogens with one attached hydrogen (secondary N) is 1. The molecule has 3 aliphatic carbocycles. The zero-order valence-electron chi connectivity index (χ0n) is 13.6. The molecule has 1 amide bonds. The van der Waals surface area contributed by atoms with Gasteiger partial charge < -0.3 is 9.88 Å². The molecule has 4 heteroatoms. The van der Waals surface area contributed by atoms with E-state index in [0.717, 1.165) is 23.4 Å². The number of rotatable bonds is 3. The highest BCUT2D eigenvalue weighted by Gasteiger charge is 2.40.